The number of benzene rings is 3. The number of sulfonamides is 1. The molecule has 7 nitrogen and oxygen atoms in total. The van der Waals surface area contributed by atoms with Crippen LogP contribution in [0.4, 0.5) is 5.69 Å². The second-order valence-electron chi connectivity index (χ2n) is 9.90. The average molecular weight is 584 g/mol. The van der Waals surface area contributed by atoms with Crippen molar-refractivity contribution in [2.24, 2.45) is 0 Å². The van der Waals surface area contributed by atoms with E-state index in [-0.39, 0.29) is 17.3 Å². The van der Waals surface area contributed by atoms with Crippen molar-refractivity contribution in [1.29, 1.82) is 0 Å². The number of hydrogen-bond donors (Lipinski definition) is 1. The van der Waals surface area contributed by atoms with E-state index in [1.807, 2.05) is 44.2 Å². The molecule has 9 heteroatoms. The van der Waals surface area contributed by atoms with Gasteiger partial charge in [0.1, 0.15) is 12.6 Å². The van der Waals surface area contributed by atoms with Crippen LogP contribution >= 0.6 is 11.6 Å². The molecule has 0 aromatic heterocycles. The SMILES string of the molecule is CCCCNC(=O)C(C)N(CCc1ccccc1)C(=O)CN(c1cc(Cl)ccc1C)S(=O)(=O)c1ccc(C)cc1. The van der Waals surface area contributed by atoms with Gasteiger partial charge in [0.25, 0.3) is 10.0 Å². The van der Waals surface area contributed by atoms with Crippen LogP contribution in [0.3, 0.4) is 0 Å². The van der Waals surface area contributed by atoms with E-state index in [0.29, 0.717) is 29.2 Å². The number of nitrogens with zero attached hydrogens (tertiary/aromatic N) is 2. The van der Waals surface area contributed by atoms with Crippen LogP contribution in [0.1, 0.15) is 43.4 Å². The van der Waals surface area contributed by atoms with Crippen molar-refractivity contribution < 1.29 is 18.0 Å². The Bertz CT molecular complexity index is 1400. The molecule has 0 aliphatic heterocycles. The molecule has 214 valence electrons. The lowest BCUT2D eigenvalue weighted by molar-refractivity contribution is -0.138. The molecule has 0 saturated heterocycles. The lowest BCUT2D eigenvalue weighted by atomic mass is 10.1. The summed E-state index contributed by atoms with van der Waals surface area (Å²) in [5.74, 6) is -0.758. The number of halogens is 1. The highest BCUT2D eigenvalue weighted by atomic mass is 35.5. The smallest absolute Gasteiger partial charge is 0.264 e. The number of aryl methyl sites for hydroxylation is 2. The zero-order chi connectivity index (χ0) is 29.3. The van der Waals surface area contributed by atoms with Crippen molar-refractivity contribution in [3.8, 4) is 0 Å². The summed E-state index contributed by atoms with van der Waals surface area (Å²) in [5.41, 5.74) is 2.88. The quantitative estimate of drug-likeness (QED) is 0.268. The third-order valence-electron chi connectivity index (χ3n) is 6.81. The first kappa shape index (κ1) is 31.2. The zero-order valence-corrected chi connectivity index (χ0v) is 25.1. The summed E-state index contributed by atoms with van der Waals surface area (Å²) in [7, 11) is -4.14. The molecule has 1 atom stereocenters. The highest BCUT2D eigenvalue weighted by Crippen LogP contribution is 2.30. The number of anilines is 1. The fraction of sp³-hybridized carbons (Fsp3) is 0.355. The maximum absolute atomic E-state index is 14.0. The fourth-order valence-corrected chi connectivity index (χ4v) is 5.95. The lowest BCUT2D eigenvalue weighted by Gasteiger charge is -2.32. The molecule has 0 aliphatic rings. The molecule has 2 amide bonds. The van der Waals surface area contributed by atoms with Crippen molar-refractivity contribution in [3.05, 3.63) is 94.5 Å². The summed E-state index contributed by atoms with van der Waals surface area (Å²) in [5, 5.41) is 3.25. The standard InChI is InChI=1S/C31H38ClN3O4S/c1-5-6-19-33-31(37)25(4)34(20-18-26-10-8-7-9-11-26)30(36)22-35(29-21-27(32)15-14-24(29)3)40(38,39)28-16-12-23(2)13-17-28/h7-17,21,25H,5-6,18-20,22H2,1-4H3,(H,33,37). The Labute approximate surface area is 243 Å². The van der Waals surface area contributed by atoms with Crippen molar-refractivity contribution >= 4 is 39.1 Å². The average Bonchev–Trinajstić information content (AvgIpc) is 2.94. The second-order valence-corrected chi connectivity index (χ2v) is 12.2. The Kier molecular flexibility index (Phi) is 11.2. The van der Waals surface area contributed by atoms with Gasteiger partial charge in [0, 0.05) is 18.1 Å². The van der Waals surface area contributed by atoms with Crippen LogP contribution in [0.15, 0.2) is 77.7 Å². The van der Waals surface area contributed by atoms with Crippen molar-refractivity contribution in [2.75, 3.05) is 23.9 Å². The highest BCUT2D eigenvalue weighted by molar-refractivity contribution is 7.92. The molecular weight excluding hydrogens is 546 g/mol. The van der Waals surface area contributed by atoms with Crippen molar-refractivity contribution in [2.45, 2.75) is 57.9 Å². The van der Waals surface area contributed by atoms with E-state index in [2.05, 4.69) is 5.32 Å². The Morgan fingerprint density at radius 3 is 2.30 bits per heavy atom. The molecule has 0 bridgehead atoms. The predicted octanol–water partition coefficient (Wildman–Crippen LogP) is 5.53. The van der Waals surface area contributed by atoms with Crippen LogP contribution < -0.4 is 9.62 Å². The number of nitrogens with one attached hydrogen (secondary N) is 1. The van der Waals surface area contributed by atoms with E-state index >= 15 is 0 Å². The number of amides is 2. The van der Waals surface area contributed by atoms with Gasteiger partial charge in [-0.15, -0.1) is 0 Å². The molecule has 1 unspecified atom stereocenters. The molecule has 3 aromatic rings. The summed E-state index contributed by atoms with van der Waals surface area (Å²) in [4.78, 5) is 28.5. The molecule has 0 aliphatic carbocycles. The summed E-state index contributed by atoms with van der Waals surface area (Å²) in [6.45, 7) is 7.62. The molecule has 3 aromatic carbocycles. The normalized spacial score (nSPS) is 12.0. The van der Waals surface area contributed by atoms with E-state index < -0.39 is 28.5 Å². The van der Waals surface area contributed by atoms with Crippen molar-refractivity contribution in [1.82, 2.24) is 10.2 Å². The van der Waals surface area contributed by atoms with E-state index in [1.165, 1.54) is 17.0 Å². The minimum atomic E-state index is -4.14. The predicted molar refractivity (Wildman–Crippen MR) is 161 cm³/mol. The first-order valence-corrected chi connectivity index (χ1v) is 15.3. The number of carbonyl (C=O) groups excluding carboxylic acids is 2. The van der Waals surface area contributed by atoms with Crippen LogP contribution in [0, 0.1) is 13.8 Å². The van der Waals surface area contributed by atoms with Gasteiger partial charge in [-0.25, -0.2) is 8.42 Å². The number of hydrogen-bond acceptors (Lipinski definition) is 4. The third kappa shape index (κ3) is 8.08. The van der Waals surface area contributed by atoms with Crippen LogP contribution in [0.5, 0.6) is 0 Å². The number of unbranched alkanes of at least 4 members (excludes halogenated alkanes) is 1. The van der Waals surface area contributed by atoms with Gasteiger partial charge >= 0.3 is 0 Å². The van der Waals surface area contributed by atoms with Gasteiger partial charge in [0.15, 0.2) is 0 Å². The molecule has 0 saturated carbocycles. The Morgan fingerprint density at radius 2 is 1.65 bits per heavy atom. The molecule has 0 fully saturated rings. The van der Waals surface area contributed by atoms with Gasteiger partial charge in [-0.2, -0.15) is 0 Å². The van der Waals surface area contributed by atoms with Crippen LogP contribution in [0.2, 0.25) is 5.02 Å². The van der Waals surface area contributed by atoms with Gasteiger partial charge < -0.3 is 10.2 Å². The minimum Gasteiger partial charge on any atom is -0.354 e. The topological polar surface area (TPSA) is 86.8 Å². The maximum atomic E-state index is 14.0. The number of rotatable bonds is 13. The molecule has 0 spiro atoms. The Morgan fingerprint density at radius 1 is 0.975 bits per heavy atom. The van der Waals surface area contributed by atoms with E-state index in [9.17, 15) is 18.0 Å². The second kappa shape index (κ2) is 14.3. The van der Waals surface area contributed by atoms with Gasteiger partial charge in [-0.1, -0.05) is 79.0 Å². The number of carbonyl (C=O) groups is 2. The maximum Gasteiger partial charge on any atom is 0.264 e. The summed E-state index contributed by atoms with van der Waals surface area (Å²) >= 11 is 6.28. The van der Waals surface area contributed by atoms with Crippen LogP contribution in [0.25, 0.3) is 0 Å². The molecule has 0 heterocycles. The first-order valence-electron chi connectivity index (χ1n) is 13.5. The minimum absolute atomic E-state index is 0.0615. The highest BCUT2D eigenvalue weighted by Gasteiger charge is 2.33. The molecule has 40 heavy (non-hydrogen) atoms. The van der Waals surface area contributed by atoms with E-state index in [4.69, 9.17) is 11.6 Å². The molecule has 0 radical (unpaired) electrons. The largest absolute Gasteiger partial charge is 0.354 e. The van der Waals surface area contributed by atoms with Crippen LogP contribution in [-0.2, 0) is 26.0 Å². The summed E-state index contributed by atoms with van der Waals surface area (Å²) in [6.07, 6.45) is 2.27. The molecular formula is C31H38ClN3O4S. The summed E-state index contributed by atoms with van der Waals surface area (Å²) < 4.78 is 29.0. The summed E-state index contributed by atoms with van der Waals surface area (Å²) in [6, 6.07) is 20.3. The third-order valence-corrected chi connectivity index (χ3v) is 8.82. The van der Waals surface area contributed by atoms with Crippen LogP contribution in [-0.4, -0.2) is 50.8 Å². The van der Waals surface area contributed by atoms with Gasteiger partial charge in [0.05, 0.1) is 10.6 Å². The lowest BCUT2D eigenvalue weighted by Crippen LogP contribution is -2.52. The molecule has 3 rings (SSSR count). The van der Waals surface area contributed by atoms with Gasteiger partial charge in [-0.3, -0.25) is 13.9 Å². The monoisotopic (exact) mass is 583 g/mol. The first-order chi connectivity index (χ1) is 19.0. The zero-order valence-electron chi connectivity index (χ0n) is 23.6. The van der Waals surface area contributed by atoms with E-state index in [1.54, 1.807) is 44.2 Å². The Hall–Kier alpha value is -3.36. The Balaban J connectivity index is 1.99. The van der Waals surface area contributed by atoms with Gasteiger partial charge in [0.2, 0.25) is 11.8 Å². The molecule has 1 N–H and O–H groups in total. The van der Waals surface area contributed by atoms with Gasteiger partial charge in [-0.05, 0) is 69.0 Å². The fourth-order valence-electron chi connectivity index (χ4n) is 4.31. The van der Waals surface area contributed by atoms with Crippen molar-refractivity contribution in [3.63, 3.8) is 0 Å². The van der Waals surface area contributed by atoms with E-state index in [0.717, 1.165) is 28.3 Å².